The second-order valence-corrected chi connectivity index (χ2v) is 5.91. The fourth-order valence-electron chi connectivity index (χ4n) is 2.26. The van der Waals surface area contributed by atoms with E-state index in [2.05, 4.69) is 59.6 Å². The molecule has 0 aliphatic rings. The Kier molecular flexibility index (Phi) is 3.47. The predicted octanol–water partition coefficient (Wildman–Crippen LogP) is 3.36. The van der Waals surface area contributed by atoms with Gasteiger partial charge >= 0.3 is 0 Å². The summed E-state index contributed by atoms with van der Waals surface area (Å²) in [6.07, 6.45) is 1.86. The zero-order valence-corrected chi connectivity index (χ0v) is 13.3. The lowest BCUT2D eigenvalue weighted by molar-refractivity contribution is 0.839. The van der Waals surface area contributed by atoms with Crippen LogP contribution in [-0.4, -0.2) is 27.0 Å². The Morgan fingerprint density at radius 1 is 1.14 bits per heavy atom. The van der Waals surface area contributed by atoms with Crippen LogP contribution in [-0.2, 0) is 0 Å². The number of anilines is 1. The summed E-state index contributed by atoms with van der Waals surface area (Å²) in [5, 5.41) is 17.5. The molecule has 6 heteroatoms. The van der Waals surface area contributed by atoms with Crippen molar-refractivity contribution in [3.05, 3.63) is 41.2 Å². The third-order valence-electron chi connectivity index (χ3n) is 3.68. The number of rotatable bonds is 3. The van der Waals surface area contributed by atoms with Crippen molar-refractivity contribution >= 4 is 16.5 Å². The molecule has 0 saturated heterocycles. The highest BCUT2D eigenvalue weighted by Gasteiger charge is 2.15. The third kappa shape index (κ3) is 2.31. The Labute approximate surface area is 127 Å². The van der Waals surface area contributed by atoms with Crippen molar-refractivity contribution < 1.29 is 0 Å². The van der Waals surface area contributed by atoms with Gasteiger partial charge in [0.25, 0.3) is 0 Å². The van der Waals surface area contributed by atoms with Gasteiger partial charge in [0.15, 0.2) is 5.01 Å². The van der Waals surface area contributed by atoms with Crippen LogP contribution in [0.3, 0.4) is 0 Å². The van der Waals surface area contributed by atoms with Gasteiger partial charge < -0.3 is 5.32 Å². The van der Waals surface area contributed by atoms with Crippen LogP contribution in [0.1, 0.15) is 16.8 Å². The topological polar surface area (TPSA) is 55.6 Å². The average molecular weight is 299 g/mol. The monoisotopic (exact) mass is 299 g/mol. The van der Waals surface area contributed by atoms with Crippen molar-refractivity contribution in [2.45, 2.75) is 20.8 Å². The summed E-state index contributed by atoms with van der Waals surface area (Å²) in [6, 6.07) is 6.26. The fourth-order valence-corrected chi connectivity index (χ4v) is 3.02. The molecule has 0 saturated carbocycles. The minimum atomic E-state index is 0.809. The van der Waals surface area contributed by atoms with E-state index in [1.54, 1.807) is 0 Å². The Balaban J connectivity index is 2.09. The molecule has 0 atom stereocenters. The van der Waals surface area contributed by atoms with Crippen LogP contribution in [0.25, 0.3) is 16.3 Å². The molecular formula is C15H17N5S. The van der Waals surface area contributed by atoms with E-state index in [0.29, 0.717) is 0 Å². The van der Waals surface area contributed by atoms with Crippen molar-refractivity contribution in [2.24, 2.45) is 0 Å². The van der Waals surface area contributed by atoms with Gasteiger partial charge in [-0.1, -0.05) is 23.5 Å². The molecule has 2 aromatic heterocycles. The van der Waals surface area contributed by atoms with E-state index in [1.165, 1.54) is 22.5 Å². The summed E-state index contributed by atoms with van der Waals surface area (Å²) in [7, 11) is 1.84. The molecule has 0 unspecified atom stereocenters. The van der Waals surface area contributed by atoms with E-state index >= 15 is 0 Å². The van der Waals surface area contributed by atoms with Gasteiger partial charge in [0.2, 0.25) is 5.13 Å². The lowest BCUT2D eigenvalue weighted by atomic mass is 10.1. The standard InChI is InChI=1S/C15H17N5S/c1-9-6-5-7-13(10(9)2)20-11(3)12(8-17-20)14-18-19-15(16-4)21-14/h5-8H,1-4H3,(H,16,19). The normalized spacial score (nSPS) is 10.9. The first-order valence-electron chi connectivity index (χ1n) is 6.74. The molecule has 21 heavy (non-hydrogen) atoms. The minimum Gasteiger partial charge on any atom is -0.363 e. The third-order valence-corrected chi connectivity index (χ3v) is 4.66. The molecule has 3 rings (SSSR count). The SMILES string of the molecule is CNc1nnc(-c2cnn(-c3cccc(C)c3C)c2C)s1. The van der Waals surface area contributed by atoms with Gasteiger partial charge in [0.05, 0.1) is 23.1 Å². The van der Waals surface area contributed by atoms with Crippen molar-refractivity contribution in [2.75, 3.05) is 12.4 Å². The van der Waals surface area contributed by atoms with Crippen LogP contribution in [0.5, 0.6) is 0 Å². The zero-order chi connectivity index (χ0) is 15.0. The van der Waals surface area contributed by atoms with E-state index in [4.69, 9.17) is 0 Å². The number of nitrogens with zero attached hydrogens (tertiary/aromatic N) is 4. The first kappa shape index (κ1) is 13.8. The maximum absolute atomic E-state index is 4.53. The Morgan fingerprint density at radius 3 is 2.67 bits per heavy atom. The van der Waals surface area contributed by atoms with Gasteiger partial charge in [-0.05, 0) is 38.0 Å². The Bertz CT molecular complexity index is 787. The van der Waals surface area contributed by atoms with Gasteiger partial charge in [-0.25, -0.2) is 4.68 Å². The molecule has 2 heterocycles. The van der Waals surface area contributed by atoms with E-state index in [9.17, 15) is 0 Å². The molecule has 0 fully saturated rings. The molecule has 0 bridgehead atoms. The molecule has 108 valence electrons. The number of aromatic nitrogens is 4. The van der Waals surface area contributed by atoms with Crippen molar-refractivity contribution in [3.8, 4) is 16.3 Å². The van der Waals surface area contributed by atoms with E-state index in [0.717, 1.165) is 27.1 Å². The summed E-state index contributed by atoms with van der Waals surface area (Å²) in [5.41, 5.74) is 5.70. The predicted molar refractivity (Wildman–Crippen MR) is 86.2 cm³/mol. The lowest BCUT2D eigenvalue weighted by Gasteiger charge is -2.10. The quantitative estimate of drug-likeness (QED) is 0.805. The molecule has 0 amide bonds. The van der Waals surface area contributed by atoms with Gasteiger partial charge in [-0.2, -0.15) is 5.10 Å². The first-order valence-corrected chi connectivity index (χ1v) is 7.56. The maximum atomic E-state index is 4.53. The number of hydrogen-bond donors (Lipinski definition) is 1. The van der Waals surface area contributed by atoms with Crippen LogP contribution >= 0.6 is 11.3 Å². The molecule has 0 radical (unpaired) electrons. The molecular weight excluding hydrogens is 282 g/mol. The second-order valence-electron chi connectivity index (χ2n) is 4.94. The molecule has 5 nitrogen and oxygen atoms in total. The number of nitrogens with one attached hydrogen (secondary N) is 1. The number of aryl methyl sites for hydroxylation is 1. The largest absolute Gasteiger partial charge is 0.363 e. The van der Waals surface area contributed by atoms with E-state index in [-0.39, 0.29) is 0 Å². The van der Waals surface area contributed by atoms with Crippen LogP contribution in [0.4, 0.5) is 5.13 Å². The highest BCUT2D eigenvalue weighted by molar-refractivity contribution is 7.18. The molecule has 1 aromatic carbocycles. The summed E-state index contributed by atoms with van der Waals surface area (Å²) >= 11 is 1.53. The van der Waals surface area contributed by atoms with Crippen LogP contribution in [0.15, 0.2) is 24.4 Å². The number of benzene rings is 1. The average Bonchev–Trinajstić information content (AvgIpc) is 3.08. The Hall–Kier alpha value is -2.21. The minimum absolute atomic E-state index is 0.809. The summed E-state index contributed by atoms with van der Waals surface area (Å²) in [6.45, 7) is 6.29. The van der Waals surface area contributed by atoms with E-state index < -0.39 is 0 Å². The molecule has 0 aliphatic heterocycles. The second kappa shape index (κ2) is 5.29. The Morgan fingerprint density at radius 2 is 1.95 bits per heavy atom. The number of hydrogen-bond acceptors (Lipinski definition) is 5. The van der Waals surface area contributed by atoms with Crippen molar-refractivity contribution in [3.63, 3.8) is 0 Å². The molecule has 1 N–H and O–H groups in total. The van der Waals surface area contributed by atoms with Gasteiger partial charge in [0.1, 0.15) is 0 Å². The van der Waals surface area contributed by atoms with Gasteiger partial charge in [-0.3, -0.25) is 0 Å². The van der Waals surface area contributed by atoms with Crippen molar-refractivity contribution in [1.29, 1.82) is 0 Å². The zero-order valence-electron chi connectivity index (χ0n) is 12.5. The summed E-state index contributed by atoms with van der Waals surface area (Å²) in [4.78, 5) is 0. The summed E-state index contributed by atoms with van der Waals surface area (Å²) in [5.74, 6) is 0. The maximum Gasteiger partial charge on any atom is 0.205 e. The van der Waals surface area contributed by atoms with Gasteiger partial charge in [0, 0.05) is 7.05 Å². The lowest BCUT2D eigenvalue weighted by Crippen LogP contribution is -2.02. The molecule has 3 aromatic rings. The van der Waals surface area contributed by atoms with Crippen molar-refractivity contribution in [1.82, 2.24) is 20.0 Å². The van der Waals surface area contributed by atoms with Crippen LogP contribution in [0.2, 0.25) is 0 Å². The smallest absolute Gasteiger partial charge is 0.205 e. The van der Waals surface area contributed by atoms with Crippen LogP contribution < -0.4 is 5.32 Å². The van der Waals surface area contributed by atoms with E-state index in [1.807, 2.05) is 17.9 Å². The van der Waals surface area contributed by atoms with Gasteiger partial charge in [-0.15, -0.1) is 10.2 Å². The highest BCUT2D eigenvalue weighted by Crippen LogP contribution is 2.30. The highest BCUT2D eigenvalue weighted by atomic mass is 32.1. The summed E-state index contributed by atoms with van der Waals surface area (Å²) < 4.78 is 1.97. The van der Waals surface area contributed by atoms with Crippen LogP contribution in [0, 0.1) is 20.8 Å². The first-order chi connectivity index (χ1) is 10.1. The molecule has 0 aliphatic carbocycles. The molecule has 0 spiro atoms. The fraction of sp³-hybridized carbons (Fsp3) is 0.267.